The second kappa shape index (κ2) is 10.3. The van der Waals surface area contributed by atoms with E-state index in [9.17, 15) is 9.90 Å². The lowest BCUT2D eigenvalue weighted by molar-refractivity contribution is 0.0685. The molecule has 0 amide bonds. The molecule has 0 saturated heterocycles. The minimum atomic E-state index is -0.967. The molecule has 0 unspecified atom stereocenters. The van der Waals surface area contributed by atoms with Gasteiger partial charge < -0.3 is 15.0 Å². The first-order valence-corrected chi connectivity index (χ1v) is 11.5. The third-order valence-corrected chi connectivity index (χ3v) is 6.44. The molecule has 3 aromatic carbocycles. The summed E-state index contributed by atoms with van der Waals surface area (Å²) in [5.74, 6) is -0.967. The highest BCUT2D eigenvalue weighted by molar-refractivity contribution is 6.36. The monoisotopic (exact) mass is 498 g/mol. The number of carboxylic acid groups (broad SMARTS) is 1. The van der Waals surface area contributed by atoms with E-state index in [0.717, 1.165) is 27.9 Å². The topological polar surface area (TPSA) is 54.3 Å². The molecule has 7 heteroatoms. The molecule has 1 aromatic heterocycles. The molecule has 4 rings (SSSR count). The molecule has 0 aliphatic carbocycles. The maximum Gasteiger partial charge on any atom is 0.352 e. The highest BCUT2D eigenvalue weighted by atomic mass is 35.5. The van der Waals surface area contributed by atoms with E-state index < -0.39 is 5.97 Å². The third kappa shape index (κ3) is 5.72. The highest BCUT2D eigenvalue weighted by Crippen LogP contribution is 2.26. The molecule has 1 heterocycles. The Morgan fingerprint density at radius 2 is 1.52 bits per heavy atom. The molecule has 0 aliphatic rings. The van der Waals surface area contributed by atoms with E-state index in [1.807, 2.05) is 66.9 Å². The zero-order chi connectivity index (χ0) is 23.4. The molecular formula is C26H21Cl3N2O2. The molecule has 33 heavy (non-hydrogen) atoms. The van der Waals surface area contributed by atoms with Crippen molar-refractivity contribution < 1.29 is 9.90 Å². The van der Waals surface area contributed by atoms with Gasteiger partial charge in [-0.3, -0.25) is 0 Å². The van der Waals surface area contributed by atoms with Gasteiger partial charge in [-0.1, -0.05) is 71.2 Å². The van der Waals surface area contributed by atoms with E-state index in [0.29, 0.717) is 34.6 Å². The average Bonchev–Trinajstić information content (AvgIpc) is 3.18. The molecule has 0 atom stereocenters. The average molecular weight is 500 g/mol. The number of carbonyl (C=O) groups is 1. The number of benzene rings is 3. The zero-order valence-electron chi connectivity index (χ0n) is 17.6. The van der Waals surface area contributed by atoms with Crippen LogP contribution in [0.15, 0.2) is 79.0 Å². The van der Waals surface area contributed by atoms with Crippen LogP contribution in [0.1, 0.15) is 32.7 Å². The minimum absolute atomic E-state index is 0.236. The third-order valence-electron chi connectivity index (χ3n) is 5.36. The van der Waals surface area contributed by atoms with Gasteiger partial charge in [0.1, 0.15) is 5.69 Å². The van der Waals surface area contributed by atoms with Gasteiger partial charge >= 0.3 is 5.97 Å². The van der Waals surface area contributed by atoms with Crippen molar-refractivity contribution in [3.8, 4) is 0 Å². The van der Waals surface area contributed by atoms with Crippen LogP contribution >= 0.6 is 34.8 Å². The lowest BCUT2D eigenvalue weighted by Crippen LogP contribution is -2.08. The summed E-state index contributed by atoms with van der Waals surface area (Å²) < 4.78 is 1.72. The van der Waals surface area contributed by atoms with E-state index in [4.69, 9.17) is 34.8 Å². The molecule has 168 valence electrons. The summed E-state index contributed by atoms with van der Waals surface area (Å²) >= 11 is 18.7. The number of aromatic carboxylic acids is 1. The largest absolute Gasteiger partial charge is 0.477 e. The smallest absolute Gasteiger partial charge is 0.352 e. The number of hydrogen-bond donors (Lipinski definition) is 2. The maximum atomic E-state index is 11.8. The minimum Gasteiger partial charge on any atom is -0.477 e. The molecular weight excluding hydrogens is 479 g/mol. The number of nitrogens with zero attached hydrogens (tertiary/aromatic N) is 1. The van der Waals surface area contributed by atoms with Crippen molar-refractivity contribution in [1.29, 1.82) is 0 Å². The van der Waals surface area contributed by atoms with Crippen molar-refractivity contribution in [2.24, 2.45) is 0 Å². The van der Waals surface area contributed by atoms with Crippen molar-refractivity contribution in [2.75, 3.05) is 5.32 Å². The quantitative estimate of drug-likeness (QED) is 0.265. The lowest BCUT2D eigenvalue weighted by atomic mass is 10.1. The first-order valence-electron chi connectivity index (χ1n) is 10.3. The molecule has 0 fully saturated rings. The van der Waals surface area contributed by atoms with E-state index in [-0.39, 0.29) is 5.69 Å². The number of aromatic nitrogens is 1. The molecule has 4 aromatic rings. The van der Waals surface area contributed by atoms with Gasteiger partial charge in [-0.2, -0.15) is 0 Å². The summed E-state index contributed by atoms with van der Waals surface area (Å²) in [6, 6.07) is 22.6. The second-order valence-corrected chi connectivity index (χ2v) is 8.91. The number of rotatable bonds is 8. The first kappa shape index (κ1) is 23.2. The predicted molar refractivity (Wildman–Crippen MR) is 135 cm³/mol. The Hall–Kier alpha value is -2.92. The van der Waals surface area contributed by atoms with E-state index in [2.05, 4.69) is 5.32 Å². The summed E-state index contributed by atoms with van der Waals surface area (Å²) in [5.41, 5.74) is 4.90. The van der Waals surface area contributed by atoms with Crippen LogP contribution in [0.2, 0.25) is 15.1 Å². The van der Waals surface area contributed by atoms with Gasteiger partial charge in [-0.05, 0) is 59.5 Å². The van der Waals surface area contributed by atoms with E-state index in [1.165, 1.54) is 0 Å². The Kier molecular flexibility index (Phi) is 7.29. The van der Waals surface area contributed by atoms with Crippen LogP contribution in [-0.4, -0.2) is 15.6 Å². The van der Waals surface area contributed by atoms with Crippen molar-refractivity contribution >= 4 is 46.5 Å². The zero-order valence-corrected chi connectivity index (χ0v) is 19.8. The maximum absolute atomic E-state index is 11.8. The standard InChI is InChI=1S/C26H21Cl3N2O2/c27-22-5-2-1-4-19(22)16-31-15-18(13-25(31)26(32)33)12-17-8-10-20(11-9-17)30-14-21-23(28)6-3-7-24(21)29/h1-11,13,15,30H,12,14,16H2,(H,32,33). The van der Waals surface area contributed by atoms with Gasteiger partial charge in [0, 0.05) is 45.6 Å². The van der Waals surface area contributed by atoms with Crippen LogP contribution < -0.4 is 5.32 Å². The van der Waals surface area contributed by atoms with Gasteiger partial charge in [0.25, 0.3) is 0 Å². The number of anilines is 1. The van der Waals surface area contributed by atoms with Gasteiger partial charge in [-0.15, -0.1) is 0 Å². The van der Waals surface area contributed by atoms with Gasteiger partial charge in [0.05, 0.1) is 0 Å². The molecule has 2 N–H and O–H groups in total. The summed E-state index contributed by atoms with van der Waals surface area (Å²) in [7, 11) is 0. The first-order chi connectivity index (χ1) is 15.9. The van der Waals surface area contributed by atoms with Crippen LogP contribution in [-0.2, 0) is 19.5 Å². The summed E-state index contributed by atoms with van der Waals surface area (Å²) in [4.78, 5) is 11.8. The van der Waals surface area contributed by atoms with Crippen molar-refractivity contribution in [3.05, 3.63) is 122 Å². The second-order valence-electron chi connectivity index (χ2n) is 7.69. The predicted octanol–water partition coefficient (Wildman–Crippen LogP) is 7.40. The van der Waals surface area contributed by atoms with E-state index in [1.54, 1.807) is 16.7 Å². The summed E-state index contributed by atoms with van der Waals surface area (Å²) in [6.07, 6.45) is 2.49. The Labute approximate surface area is 207 Å². The van der Waals surface area contributed by atoms with Crippen LogP contribution in [0, 0.1) is 0 Å². The molecule has 0 bridgehead atoms. The normalized spacial score (nSPS) is 10.9. The van der Waals surface area contributed by atoms with Crippen LogP contribution in [0.4, 0.5) is 5.69 Å². The lowest BCUT2D eigenvalue weighted by Gasteiger charge is -2.10. The Balaban J connectivity index is 1.45. The van der Waals surface area contributed by atoms with Gasteiger partial charge in [0.2, 0.25) is 0 Å². The van der Waals surface area contributed by atoms with E-state index >= 15 is 0 Å². The van der Waals surface area contributed by atoms with Crippen molar-refractivity contribution in [2.45, 2.75) is 19.5 Å². The fraction of sp³-hybridized carbons (Fsp3) is 0.115. The molecule has 0 spiro atoms. The Morgan fingerprint density at radius 3 is 2.18 bits per heavy atom. The summed E-state index contributed by atoms with van der Waals surface area (Å²) in [5, 5.41) is 14.8. The Bertz CT molecular complexity index is 1260. The van der Waals surface area contributed by atoms with Crippen LogP contribution in [0.3, 0.4) is 0 Å². The van der Waals surface area contributed by atoms with Gasteiger partial charge in [0.15, 0.2) is 0 Å². The number of nitrogens with one attached hydrogen (secondary N) is 1. The Morgan fingerprint density at radius 1 is 0.848 bits per heavy atom. The fourth-order valence-electron chi connectivity index (χ4n) is 3.66. The van der Waals surface area contributed by atoms with Gasteiger partial charge in [-0.25, -0.2) is 4.79 Å². The fourth-order valence-corrected chi connectivity index (χ4v) is 4.38. The molecule has 0 radical (unpaired) electrons. The molecule has 4 nitrogen and oxygen atoms in total. The SMILES string of the molecule is O=C(O)c1cc(Cc2ccc(NCc3c(Cl)cccc3Cl)cc2)cn1Cc1ccccc1Cl. The molecule has 0 saturated carbocycles. The van der Waals surface area contributed by atoms with Crippen molar-refractivity contribution in [3.63, 3.8) is 0 Å². The number of hydrogen-bond acceptors (Lipinski definition) is 2. The van der Waals surface area contributed by atoms with Crippen molar-refractivity contribution in [1.82, 2.24) is 4.57 Å². The number of carboxylic acids is 1. The summed E-state index contributed by atoms with van der Waals surface area (Å²) in [6.45, 7) is 0.916. The molecule has 0 aliphatic heterocycles. The van der Waals surface area contributed by atoms with Crippen LogP contribution in [0.5, 0.6) is 0 Å². The van der Waals surface area contributed by atoms with Crippen LogP contribution in [0.25, 0.3) is 0 Å². The highest BCUT2D eigenvalue weighted by Gasteiger charge is 2.14. The number of halogens is 3.